The van der Waals surface area contributed by atoms with Gasteiger partial charge in [0.15, 0.2) is 0 Å². The lowest BCUT2D eigenvalue weighted by Gasteiger charge is -2.06. The van der Waals surface area contributed by atoms with Crippen LogP contribution in [0.1, 0.15) is 25.7 Å². The van der Waals surface area contributed by atoms with Crippen LogP contribution < -0.4 is 5.32 Å². The predicted octanol–water partition coefficient (Wildman–Crippen LogP) is 5.79. The van der Waals surface area contributed by atoms with Crippen LogP contribution in [-0.2, 0) is 4.79 Å². The van der Waals surface area contributed by atoms with Gasteiger partial charge in [-0.05, 0) is 67.6 Å². The summed E-state index contributed by atoms with van der Waals surface area (Å²) >= 11 is 24.5. The molecule has 0 aromatic heterocycles. The Labute approximate surface area is 155 Å². The Hall–Kier alpha value is -0.150. The number of carbonyl (C=O) groups is 1. The first-order valence-electron chi connectivity index (χ1n) is 8.03. The average molecular weight is 393 g/mol. The van der Waals surface area contributed by atoms with Crippen LogP contribution in [0.3, 0.4) is 0 Å². The molecule has 1 aromatic carbocycles. The van der Waals surface area contributed by atoms with E-state index in [9.17, 15) is 4.79 Å². The van der Waals surface area contributed by atoms with Crippen LogP contribution in [-0.4, -0.2) is 10.2 Å². The van der Waals surface area contributed by atoms with Gasteiger partial charge in [-0.1, -0.05) is 23.2 Å². The van der Waals surface area contributed by atoms with Crippen molar-refractivity contribution in [3.8, 4) is 0 Å². The van der Waals surface area contributed by atoms with E-state index >= 15 is 0 Å². The molecule has 0 saturated heterocycles. The molecule has 6 heteroatoms. The molecule has 3 fully saturated rings. The number of anilines is 1. The highest BCUT2D eigenvalue weighted by molar-refractivity contribution is 6.51. The summed E-state index contributed by atoms with van der Waals surface area (Å²) in [6.45, 7) is 0. The zero-order valence-electron chi connectivity index (χ0n) is 12.4. The van der Waals surface area contributed by atoms with Gasteiger partial charge in [-0.15, -0.1) is 23.2 Å². The van der Waals surface area contributed by atoms with Crippen LogP contribution in [0.5, 0.6) is 0 Å². The van der Waals surface area contributed by atoms with Crippen molar-refractivity contribution in [2.24, 2.45) is 29.6 Å². The predicted molar refractivity (Wildman–Crippen MR) is 95.4 cm³/mol. The van der Waals surface area contributed by atoms with Gasteiger partial charge in [0, 0.05) is 11.6 Å². The monoisotopic (exact) mass is 391 g/mol. The third-order valence-electron chi connectivity index (χ3n) is 5.81. The first-order chi connectivity index (χ1) is 10.9. The van der Waals surface area contributed by atoms with Crippen molar-refractivity contribution >= 4 is 58.0 Å². The molecule has 0 aliphatic heterocycles. The molecule has 1 amide bonds. The molecule has 3 saturated carbocycles. The summed E-state index contributed by atoms with van der Waals surface area (Å²) in [5.41, 5.74) is 0.701. The zero-order chi connectivity index (χ0) is 16.4. The summed E-state index contributed by atoms with van der Waals surface area (Å²) < 4.78 is -0.505. The molecule has 0 bridgehead atoms. The summed E-state index contributed by atoms with van der Waals surface area (Å²) in [4.78, 5) is 12.5. The number of hydrogen-bond donors (Lipinski definition) is 1. The second-order valence-electron chi connectivity index (χ2n) is 7.01. The minimum atomic E-state index is -0.505. The van der Waals surface area contributed by atoms with Crippen molar-refractivity contribution in [2.75, 3.05) is 5.32 Å². The molecule has 2 nitrogen and oxygen atoms in total. The number of amides is 1. The zero-order valence-corrected chi connectivity index (χ0v) is 15.4. The number of carbonyl (C=O) groups excluding carboxylic acids is 1. The minimum absolute atomic E-state index is 0.0944. The lowest BCUT2D eigenvalue weighted by molar-refractivity contribution is -0.117. The second-order valence-corrected chi connectivity index (χ2v) is 9.27. The van der Waals surface area contributed by atoms with Gasteiger partial charge in [0.05, 0.1) is 10.0 Å². The number of fused-ring (bicyclic) bond motifs is 2. The molecule has 124 valence electrons. The van der Waals surface area contributed by atoms with Gasteiger partial charge in [0.1, 0.15) is 4.33 Å². The van der Waals surface area contributed by atoms with Crippen LogP contribution in [0.2, 0.25) is 10.0 Å². The summed E-state index contributed by atoms with van der Waals surface area (Å²) in [5, 5.41) is 3.91. The van der Waals surface area contributed by atoms with Crippen LogP contribution in [0, 0.1) is 29.6 Å². The van der Waals surface area contributed by atoms with Gasteiger partial charge >= 0.3 is 0 Å². The first kappa shape index (κ1) is 16.3. The maximum atomic E-state index is 12.5. The quantitative estimate of drug-likeness (QED) is 0.634. The summed E-state index contributed by atoms with van der Waals surface area (Å²) in [6, 6.07) is 5.17. The average Bonchev–Trinajstić information content (AvgIpc) is 3.27. The van der Waals surface area contributed by atoms with Gasteiger partial charge < -0.3 is 5.32 Å². The minimum Gasteiger partial charge on any atom is -0.326 e. The highest BCUT2D eigenvalue weighted by Gasteiger charge is 2.65. The van der Waals surface area contributed by atoms with Crippen molar-refractivity contribution in [1.29, 1.82) is 0 Å². The molecule has 4 rings (SSSR count). The molecular weight excluding hydrogens is 376 g/mol. The molecule has 0 radical (unpaired) electrons. The standard InChI is InChI=1S/C17H17Cl4NO/c18-13-6-1-8(7-14(13)19)22-16(23)15-9-2-4-11-12(17(11,20)21)5-3-10(9)15/h1,6-7,9-12,15H,2-5H2,(H,22,23)/t9-,10+,11+,12-,15?. The number of rotatable bonds is 2. The third-order valence-corrected chi connectivity index (χ3v) is 7.67. The molecular formula is C17H17Cl4NO. The first-order valence-corrected chi connectivity index (χ1v) is 9.54. The molecule has 1 aromatic rings. The molecule has 0 heterocycles. The van der Waals surface area contributed by atoms with Crippen LogP contribution in [0.15, 0.2) is 18.2 Å². The Balaban J connectivity index is 1.38. The molecule has 0 spiro atoms. The summed E-state index contributed by atoms with van der Waals surface area (Å²) in [7, 11) is 0. The third kappa shape index (κ3) is 2.86. The van der Waals surface area contributed by atoms with E-state index in [1.54, 1.807) is 18.2 Å². The number of benzene rings is 1. The maximum absolute atomic E-state index is 12.5. The fourth-order valence-corrected chi connectivity index (χ4v) is 5.63. The lowest BCUT2D eigenvalue weighted by atomic mass is 10.0. The van der Waals surface area contributed by atoms with E-state index in [1.165, 1.54) is 0 Å². The number of nitrogens with one attached hydrogen (secondary N) is 1. The van der Waals surface area contributed by atoms with Crippen molar-refractivity contribution in [3.05, 3.63) is 28.2 Å². The fourth-order valence-electron chi connectivity index (χ4n) is 4.41. The van der Waals surface area contributed by atoms with E-state index in [2.05, 4.69) is 5.32 Å². The van der Waals surface area contributed by atoms with Crippen molar-refractivity contribution in [2.45, 2.75) is 30.0 Å². The molecule has 1 unspecified atom stereocenters. The summed E-state index contributed by atoms with van der Waals surface area (Å²) in [6.07, 6.45) is 4.17. The fraction of sp³-hybridized carbons (Fsp3) is 0.588. The van der Waals surface area contributed by atoms with Gasteiger partial charge in [-0.25, -0.2) is 0 Å². The Morgan fingerprint density at radius 2 is 1.61 bits per heavy atom. The van der Waals surface area contributed by atoms with E-state index in [0.29, 0.717) is 39.4 Å². The Morgan fingerprint density at radius 3 is 2.17 bits per heavy atom. The van der Waals surface area contributed by atoms with Crippen LogP contribution in [0.25, 0.3) is 0 Å². The SMILES string of the molecule is O=C(Nc1ccc(Cl)c(Cl)c1)C1[C@H]2CC[C@@H]3[C@H](CC[C@@H]12)C3(Cl)Cl. The normalized spacial score (nSPS) is 37.0. The number of alkyl halides is 2. The van der Waals surface area contributed by atoms with Crippen molar-refractivity contribution in [1.82, 2.24) is 0 Å². The highest BCUT2D eigenvalue weighted by atomic mass is 35.5. The van der Waals surface area contributed by atoms with Crippen molar-refractivity contribution < 1.29 is 4.79 Å². The van der Waals surface area contributed by atoms with E-state index in [1.807, 2.05) is 0 Å². The van der Waals surface area contributed by atoms with Gasteiger partial charge in [-0.3, -0.25) is 4.79 Å². The molecule has 5 atom stereocenters. The number of hydrogen-bond acceptors (Lipinski definition) is 1. The largest absolute Gasteiger partial charge is 0.326 e. The molecule has 1 N–H and O–H groups in total. The van der Waals surface area contributed by atoms with E-state index in [4.69, 9.17) is 46.4 Å². The molecule has 3 aliphatic rings. The summed E-state index contributed by atoms with van der Waals surface area (Å²) in [5.74, 6) is 2.00. The molecule has 3 aliphatic carbocycles. The Kier molecular flexibility index (Phi) is 4.04. The van der Waals surface area contributed by atoms with E-state index in [0.717, 1.165) is 25.7 Å². The van der Waals surface area contributed by atoms with Gasteiger partial charge in [-0.2, -0.15) is 0 Å². The molecule has 23 heavy (non-hydrogen) atoms. The topological polar surface area (TPSA) is 29.1 Å². The number of halogens is 4. The smallest absolute Gasteiger partial charge is 0.228 e. The van der Waals surface area contributed by atoms with Gasteiger partial charge in [0.25, 0.3) is 0 Å². The van der Waals surface area contributed by atoms with Crippen molar-refractivity contribution in [3.63, 3.8) is 0 Å². The Bertz CT molecular complexity index is 640. The van der Waals surface area contributed by atoms with Crippen LogP contribution >= 0.6 is 46.4 Å². The maximum Gasteiger partial charge on any atom is 0.228 e. The Morgan fingerprint density at radius 1 is 1.00 bits per heavy atom. The lowest BCUT2D eigenvalue weighted by Crippen LogP contribution is -2.15. The van der Waals surface area contributed by atoms with E-state index < -0.39 is 4.33 Å². The van der Waals surface area contributed by atoms with E-state index in [-0.39, 0.29) is 11.8 Å². The highest BCUT2D eigenvalue weighted by Crippen LogP contribution is 2.67. The second kappa shape index (κ2) is 5.69. The van der Waals surface area contributed by atoms with Gasteiger partial charge in [0.2, 0.25) is 5.91 Å². The van der Waals surface area contributed by atoms with Crippen LogP contribution in [0.4, 0.5) is 5.69 Å².